The number of ether oxygens (including phenoxy) is 2. The third-order valence-corrected chi connectivity index (χ3v) is 6.39. The zero-order chi connectivity index (χ0) is 19.9. The molecule has 158 valence electrons. The second-order valence-corrected chi connectivity index (χ2v) is 8.37. The van der Waals surface area contributed by atoms with Crippen molar-refractivity contribution >= 4 is 0 Å². The predicted molar refractivity (Wildman–Crippen MR) is 116 cm³/mol. The lowest BCUT2D eigenvalue weighted by molar-refractivity contribution is -0.298. The molecule has 0 aliphatic heterocycles. The van der Waals surface area contributed by atoms with Gasteiger partial charge in [-0.25, -0.2) is 0 Å². The highest BCUT2D eigenvalue weighted by Gasteiger charge is 2.50. The molecule has 0 aliphatic carbocycles. The second-order valence-electron chi connectivity index (χ2n) is 8.37. The highest BCUT2D eigenvalue weighted by Crippen LogP contribution is 2.49. The average Bonchev–Trinajstić information content (AvgIpc) is 2.62. The van der Waals surface area contributed by atoms with Crippen LogP contribution in [0.5, 0.6) is 0 Å². The van der Waals surface area contributed by atoms with Crippen molar-refractivity contribution in [1.82, 2.24) is 0 Å². The van der Waals surface area contributed by atoms with Gasteiger partial charge in [-0.3, -0.25) is 0 Å². The van der Waals surface area contributed by atoms with Gasteiger partial charge in [0, 0.05) is 18.6 Å². The molecule has 0 radical (unpaired) electrons. The summed E-state index contributed by atoms with van der Waals surface area (Å²) in [4.78, 5) is 0. The van der Waals surface area contributed by atoms with E-state index in [1.807, 2.05) is 0 Å². The van der Waals surface area contributed by atoms with Gasteiger partial charge in [0.05, 0.1) is 0 Å². The summed E-state index contributed by atoms with van der Waals surface area (Å²) in [6.07, 6.45) is 15.7. The van der Waals surface area contributed by atoms with Crippen molar-refractivity contribution in [2.24, 2.45) is 11.3 Å². The van der Waals surface area contributed by atoms with E-state index in [-0.39, 0.29) is 5.41 Å². The fraction of sp³-hybridized carbons (Fsp3) is 1.00. The Hall–Kier alpha value is -0.0800. The Bertz CT molecular complexity index is 309. The van der Waals surface area contributed by atoms with Gasteiger partial charge in [0.1, 0.15) is 0 Å². The molecule has 0 fully saturated rings. The summed E-state index contributed by atoms with van der Waals surface area (Å²) >= 11 is 0. The van der Waals surface area contributed by atoms with Gasteiger partial charge in [-0.1, -0.05) is 85.5 Å². The lowest BCUT2D eigenvalue weighted by Gasteiger charge is -2.50. The molecule has 0 heterocycles. The predicted octanol–water partition coefficient (Wildman–Crippen LogP) is 8.14. The summed E-state index contributed by atoms with van der Waals surface area (Å²) < 4.78 is 12.6. The maximum atomic E-state index is 6.32. The van der Waals surface area contributed by atoms with E-state index >= 15 is 0 Å². The van der Waals surface area contributed by atoms with Gasteiger partial charge in [-0.2, -0.15) is 0 Å². The van der Waals surface area contributed by atoms with E-state index in [2.05, 4.69) is 48.5 Å². The van der Waals surface area contributed by atoms with Crippen molar-refractivity contribution in [2.75, 3.05) is 13.2 Å². The highest BCUT2D eigenvalue weighted by atomic mass is 16.7. The third-order valence-electron chi connectivity index (χ3n) is 6.39. The van der Waals surface area contributed by atoms with Crippen LogP contribution in [0.3, 0.4) is 0 Å². The molecule has 0 spiro atoms. The molecular weight excluding hydrogens is 320 g/mol. The smallest absolute Gasteiger partial charge is 0.170 e. The minimum Gasteiger partial charge on any atom is -0.350 e. The maximum absolute atomic E-state index is 6.32. The van der Waals surface area contributed by atoms with Crippen LogP contribution in [0.25, 0.3) is 0 Å². The first-order chi connectivity index (χ1) is 12.5. The van der Waals surface area contributed by atoms with Crippen molar-refractivity contribution in [3.63, 3.8) is 0 Å². The topological polar surface area (TPSA) is 18.5 Å². The molecule has 0 aromatic carbocycles. The van der Waals surface area contributed by atoms with Crippen LogP contribution in [0.4, 0.5) is 0 Å². The van der Waals surface area contributed by atoms with Crippen LogP contribution in [-0.2, 0) is 9.47 Å². The first kappa shape index (κ1) is 25.9. The normalized spacial score (nSPS) is 15.8. The number of hydrogen-bond acceptors (Lipinski definition) is 2. The van der Waals surface area contributed by atoms with E-state index in [1.54, 1.807) is 0 Å². The Balaban J connectivity index is 5.40. The maximum Gasteiger partial charge on any atom is 0.170 e. The Labute approximate surface area is 165 Å². The minimum absolute atomic E-state index is 0.0783. The fourth-order valence-corrected chi connectivity index (χ4v) is 4.49. The van der Waals surface area contributed by atoms with Crippen molar-refractivity contribution < 1.29 is 9.47 Å². The monoisotopic (exact) mass is 370 g/mol. The second kappa shape index (κ2) is 14.9. The molecule has 2 atom stereocenters. The van der Waals surface area contributed by atoms with Gasteiger partial charge in [-0.15, -0.1) is 0 Å². The zero-order valence-electron chi connectivity index (χ0n) is 19.3. The van der Waals surface area contributed by atoms with E-state index in [0.29, 0.717) is 5.92 Å². The van der Waals surface area contributed by atoms with Crippen LogP contribution < -0.4 is 0 Å². The van der Waals surface area contributed by atoms with Crippen LogP contribution in [0.1, 0.15) is 126 Å². The Kier molecular flexibility index (Phi) is 14.9. The molecule has 0 aromatic rings. The van der Waals surface area contributed by atoms with Crippen molar-refractivity contribution in [3.8, 4) is 0 Å². The first-order valence-electron chi connectivity index (χ1n) is 11.7. The molecule has 2 heteroatoms. The Morgan fingerprint density at radius 3 is 1.62 bits per heavy atom. The molecule has 2 nitrogen and oxygen atoms in total. The molecule has 2 unspecified atom stereocenters. The molecule has 26 heavy (non-hydrogen) atoms. The highest BCUT2D eigenvalue weighted by molar-refractivity contribution is 4.93. The average molecular weight is 371 g/mol. The van der Waals surface area contributed by atoms with Crippen molar-refractivity contribution in [3.05, 3.63) is 0 Å². The molecule has 0 saturated carbocycles. The van der Waals surface area contributed by atoms with Crippen LogP contribution in [0, 0.1) is 11.3 Å². The molecule has 0 rings (SSSR count). The third kappa shape index (κ3) is 8.30. The van der Waals surface area contributed by atoms with Gasteiger partial charge in [-0.05, 0) is 46.0 Å². The lowest BCUT2D eigenvalue weighted by Crippen LogP contribution is -2.53. The van der Waals surface area contributed by atoms with E-state index < -0.39 is 5.79 Å². The fourth-order valence-electron chi connectivity index (χ4n) is 4.49. The quantitative estimate of drug-likeness (QED) is 0.179. The van der Waals surface area contributed by atoms with Gasteiger partial charge < -0.3 is 9.47 Å². The summed E-state index contributed by atoms with van der Waals surface area (Å²) in [5.74, 6) is 0.201. The van der Waals surface area contributed by atoms with Gasteiger partial charge in [0.2, 0.25) is 0 Å². The van der Waals surface area contributed by atoms with Crippen molar-refractivity contribution in [1.29, 1.82) is 0 Å². The summed E-state index contributed by atoms with van der Waals surface area (Å²) in [7, 11) is 0. The number of hydrogen-bond donors (Lipinski definition) is 0. The first-order valence-corrected chi connectivity index (χ1v) is 11.7. The largest absolute Gasteiger partial charge is 0.350 e. The van der Waals surface area contributed by atoms with Gasteiger partial charge in [0.25, 0.3) is 0 Å². The molecule has 0 amide bonds. The SMILES string of the molecule is CCCCCCCC(CCCC)C(C)(CCCC)C(C)(OCC)OCC. The summed E-state index contributed by atoms with van der Waals surface area (Å²) in [5.41, 5.74) is 0.0783. The van der Waals surface area contributed by atoms with Crippen LogP contribution >= 0.6 is 0 Å². The standard InChI is InChI=1S/C24H50O2/c1-8-13-16-17-18-20-22(19-14-9-2)23(6,21-15-10-3)24(7,25-11-4)26-12-5/h22H,8-21H2,1-7H3. The van der Waals surface area contributed by atoms with Crippen LogP contribution in [0.2, 0.25) is 0 Å². The minimum atomic E-state index is -0.479. The molecule has 0 aliphatic rings. The molecule has 0 aromatic heterocycles. The Morgan fingerprint density at radius 1 is 0.615 bits per heavy atom. The summed E-state index contributed by atoms with van der Waals surface area (Å²) in [6, 6.07) is 0. The lowest BCUT2D eigenvalue weighted by atomic mass is 9.64. The molecule has 0 saturated heterocycles. The van der Waals surface area contributed by atoms with Gasteiger partial charge >= 0.3 is 0 Å². The van der Waals surface area contributed by atoms with Gasteiger partial charge in [0.15, 0.2) is 5.79 Å². The summed E-state index contributed by atoms with van der Waals surface area (Å²) in [5, 5.41) is 0. The Morgan fingerprint density at radius 2 is 1.12 bits per heavy atom. The summed E-state index contributed by atoms with van der Waals surface area (Å²) in [6.45, 7) is 17.2. The molecular formula is C24H50O2. The number of unbranched alkanes of at least 4 members (excludes halogenated alkanes) is 6. The van der Waals surface area contributed by atoms with E-state index in [0.717, 1.165) is 13.2 Å². The van der Waals surface area contributed by atoms with Crippen LogP contribution in [0.15, 0.2) is 0 Å². The van der Waals surface area contributed by atoms with E-state index in [9.17, 15) is 0 Å². The van der Waals surface area contributed by atoms with E-state index in [4.69, 9.17) is 9.47 Å². The molecule has 0 N–H and O–H groups in total. The van der Waals surface area contributed by atoms with Crippen LogP contribution in [-0.4, -0.2) is 19.0 Å². The molecule has 0 bridgehead atoms. The van der Waals surface area contributed by atoms with E-state index in [1.165, 1.54) is 77.0 Å². The van der Waals surface area contributed by atoms with Crippen molar-refractivity contribution in [2.45, 2.75) is 131 Å². The zero-order valence-corrected chi connectivity index (χ0v) is 19.3. The number of rotatable bonds is 18.